The second kappa shape index (κ2) is 6.86. The van der Waals surface area contributed by atoms with Crippen molar-refractivity contribution in [1.82, 2.24) is 9.55 Å². The summed E-state index contributed by atoms with van der Waals surface area (Å²) in [5.41, 5.74) is -0.135. The number of carbonyl (C=O) groups excluding carboxylic acids is 1. The van der Waals surface area contributed by atoms with E-state index >= 15 is 0 Å². The molecule has 130 valence electrons. The third-order valence-corrected chi connectivity index (χ3v) is 3.78. The van der Waals surface area contributed by atoms with Crippen LogP contribution in [0.4, 0.5) is 0 Å². The normalized spacial score (nSPS) is 19.1. The largest absolute Gasteiger partial charge is 0.459 e. The highest BCUT2D eigenvalue weighted by atomic mass is 16.6. The Labute approximate surface area is 143 Å². The number of rotatable bonds is 4. The number of pyridine rings is 1. The minimum absolute atomic E-state index is 0.0293. The van der Waals surface area contributed by atoms with E-state index in [9.17, 15) is 14.4 Å². The minimum Gasteiger partial charge on any atom is -0.459 e. The van der Waals surface area contributed by atoms with E-state index in [0.717, 1.165) is 0 Å². The number of ether oxygens (including phenoxy) is 2. The maximum Gasteiger partial charge on any atom is 0.344 e. The van der Waals surface area contributed by atoms with Crippen LogP contribution in [0.5, 0.6) is 0 Å². The molecule has 0 aliphatic carbocycles. The Morgan fingerprint density at radius 3 is 2.96 bits per heavy atom. The van der Waals surface area contributed by atoms with Crippen LogP contribution in [0.15, 0.2) is 52.5 Å². The van der Waals surface area contributed by atoms with Crippen molar-refractivity contribution in [2.24, 2.45) is 7.05 Å². The summed E-state index contributed by atoms with van der Waals surface area (Å²) in [5, 5.41) is 0. The van der Waals surface area contributed by atoms with Gasteiger partial charge in [0.1, 0.15) is 25.3 Å². The SMILES string of the molecule is Cc1cn(C2C=CC(COC(=O)c3ccc[n+](C)c3)O2)c(=O)[nH]c1=O. The van der Waals surface area contributed by atoms with Crippen LogP contribution in [0.1, 0.15) is 22.1 Å². The highest BCUT2D eigenvalue weighted by molar-refractivity contribution is 5.88. The first-order valence-corrected chi connectivity index (χ1v) is 7.72. The first-order valence-electron chi connectivity index (χ1n) is 7.72. The number of nitrogens with zero attached hydrogens (tertiary/aromatic N) is 2. The molecule has 0 saturated carbocycles. The number of aryl methyl sites for hydroxylation is 2. The molecule has 3 rings (SSSR count). The fourth-order valence-corrected chi connectivity index (χ4v) is 2.47. The molecule has 1 aliphatic rings. The Morgan fingerprint density at radius 2 is 2.20 bits per heavy atom. The summed E-state index contributed by atoms with van der Waals surface area (Å²) in [6.07, 6.45) is 7.20. The van der Waals surface area contributed by atoms with Crippen LogP contribution in [0.25, 0.3) is 0 Å². The van der Waals surface area contributed by atoms with Crippen LogP contribution in [0.3, 0.4) is 0 Å². The summed E-state index contributed by atoms with van der Waals surface area (Å²) >= 11 is 0. The van der Waals surface area contributed by atoms with E-state index < -0.39 is 29.6 Å². The molecule has 8 nitrogen and oxygen atoms in total. The van der Waals surface area contributed by atoms with Crippen molar-refractivity contribution in [3.05, 3.63) is 74.8 Å². The van der Waals surface area contributed by atoms with Crippen LogP contribution in [0, 0.1) is 6.92 Å². The zero-order chi connectivity index (χ0) is 18.0. The van der Waals surface area contributed by atoms with Gasteiger partial charge >= 0.3 is 11.7 Å². The van der Waals surface area contributed by atoms with E-state index in [0.29, 0.717) is 11.1 Å². The maximum absolute atomic E-state index is 12.0. The molecule has 2 unspecified atom stereocenters. The topological polar surface area (TPSA) is 94.3 Å². The number of hydrogen-bond donors (Lipinski definition) is 1. The van der Waals surface area contributed by atoms with Crippen LogP contribution >= 0.6 is 0 Å². The van der Waals surface area contributed by atoms with Gasteiger partial charge in [-0.2, -0.15) is 0 Å². The van der Waals surface area contributed by atoms with Crippen molar-refractivity contribution >= 4 is 5.97 Å². The molecular formula is C17H18N3O5+. The van der Waals surface area contributed by atoms with Gasteiger partial charge in [-0.1, -0.05) is 6.08 Å². The van der Waals surface area contributed by atoms with Crippen molar-refractivity contribution in [3.63, 3.8) is 0 Å². The van der Waals surface area contributed by atoms with Crippen LogP contribution in [-0.2, 0) is 16.5 Å². The average Bonchev–Trinajstić information content (AvgIpc) is 3.04. The lowest BCUT2D eigenvalue weighted by Gasteiger charge is -2.16. The van der Waals surface area contributed by atoms with Gasteiger partial charge in [-0.25, -0.2) is 14.2 Å². The first-order chi connectivity index (χ1) is 11.9. The van der Waals surface area contributed by atoms with E-state index in [-0.39, 0.29) is 6.61 Å². The molecule has 0 aromatic carbocycles. The number of carbonyl (C=O) groups is 1. The molecule has 0 spiro atoms. The van der Waals surface area contributed by atoms with Crippen molar-refractivity contribution in [1.29, 1.82) is 0 Å². The average molecular weight is 344 g/mol. The molecule has 2 atom stereocenters. The molecule has 3 heterocycles. The lowest BCUT2D eigenvalue weighted by molar-refractivity contribution is -0.671. The van der Waals surface area contributed by atoms with E-state index in [1.54, 1.807) is 42.0 Å². The van der Waals surface area contributed by atoms with Gasteiger partial charge in [0.25, 0.3) is 5.56 Å². The number of esters is 1. The summed E-state index contributed by atoms with van der Waals surface area (Å²) in [7, 11) is 1.81. The zero-order valence-corrected chi connectivity index (χ0v) is 13.8. The highest BCUT2D eigenvalue weighted by Crippen LogP contribution is 2.20. The number of nitrogens with one attached hydrogen (secondary N) is 1. The van der Waals surface area contributed by atoms with Gasteiger partial charge in [-0.15, -0.1) is 0 Å². The molecule has 1 N–H and O–H groups in total. The third kappa shape index (κ3) is 3.74. The predicted octanol–water partition coefficient (Wildman–Crippen LogP) is -0.0199. The van der Waals surface area contributed by atoms with Gasteiger partial charge in [0.15, 0.2) is 18.6 Å². The van der Waals surface area contributed by atoms with E-state index in [4.69, 9.17) is 9.47 Å². The summed E-state index contributed by atoms with van der Waals surface area (Å²) in [4.78, 5) is 37.6. The zero-order valence-electron chi connectivity index (χ0n) is 13.8. The molecule has 0 amide bonds. The quantitative estimate of drug-likeness (QED) is 0.478. The summed E-state index contributed by atoms with van der Waals surface area (Å²) in [5.74, 6) is -0.450. The second-order valence-electron chi connectivity index (χ2n) is 5.79. The van der Waals surface area contributed by atoms with Crippen molar-refractivity contribution in [2.75, 3.05) is 6.61 Å². The number of aromatic amines is 1. The van der Waals surface area contributed by atoms with Gasteiger partial charge < -0.3 is 9.47 Å². The Bertz CT molecular complexity index is 944. The molecular weight excluding hydrogens is 326 g/mol. The van der Waals surface area contributed by atoms with Crippen LogP contribution in [-0.4, -0.2) is 28.2 Å². The molecule has 2 aromatic rings. The van der Waals surface area contributed by atoms with E-state index in [1.165, 1.54) is 10.8 Å². The summed E-state index contributed by atoms with van der Waals surface area (Å²) < 4.78 is 14.0. The summed E-state index contributed by atoms with van der Waals surface area (Å²) in [6, 6.07) is 3.42. The lowest BCUT2D eigenvalue weighted by atomic mass is 10.3. The highest BCUT2D eigenvalue weighted by Gasteiger charge is 2.23. The molecule has 0 fully saturated rings. The van der Waals surface area contributed by atoms with Gasteiger partial charge in [0.2, 0.25) is 0 Å². The standard InChI is InChI=1S/C17H17N3O5/c1-11-8-20(17(23)18-15(11)21)14-6-5-13(25-14)10-24-16(22)12-4-3-7-19(2)9-12/h3-9,13-14H,10H2,1-2H3/p+1. The first kappa shape index (κ1) is 16.8. The number of hydrogen-bond acceptors (Lipinski definition) is 5. The minimum atomic E-state index is -0.652. The molecule has 0 radical (unpaired) electrons. The lowest BCUT2D eigenvalue weighted by Crippen LogP contribution is -2.33. The Morgan fingerprint density at radius 1 is 1.40 bits per heavy atom. The van der Waals surface area contributed by atoms with Gasteiger partial charge in [-0.3, -0.25) is 14.3 Å². The van der Waals surface area contributed by atoms with Gasteiger partial charge in [-0.05, 0) is 19.1 Å². The fourth-order valence-electron chi connectivity index (χ4n) is 2.47. The van der Waals surface area contributed by atoms with E-state index in [2.05, 4.69) is 4.98 Å². The maximum atomic E-state index is 12.0. The van der Waals surface area contributed by atoms with Crippen molar-refractivity contribution in [2.45, 2.75) is 19.3 Å². The third-order valence-electron chi connectivity index (χ3n) is 3.78. The number of aromatic nitrogens is 3. The van der Waals surface area contributed by atoms with Crippen LogP contribution < -0.4 is 15.8 Å². The Kier molecular flexibility index (Phi) is 4.62. The monoisotopic (exact) mass is 344 g/mol. The van der Waals surface area contributed by atoms with Crippen LogP contribution in [0.2, 0.25) is 0 Å². The molecule has 0 bridgehead atoms. The molecule has 1 aliphatic heterocycles. The molecule has 0 saturated heterocycles. The molecule has 2 aromatic heterocycles. The van der Waals surface area contributed by atoms with Crippen molar-refractivity contribution in [3.8, 4) is 0 Å². The fraction of sp³-hybridized carbons (Fsp3) is 0.294. The number of H-pyrrole nitrogens is 1. The van der Waals surface area contributed by atoms with E-state index in [1.807, 2.05) is 13.2 Å². The predicted molar refractivity (Wildman–Crippen MR) is 87.0 cm³/mol. The van der Waals surface area contributed by atoms with Gasteiger partial charge in [0.05, 0.1) is 0 Å². The van der Waals surface area contributed by atoms with Gasteiger partial charge in [0, 0.05) is 17.8 Å². The Balaban J connectivity index is 1.62. The molecule has 8 heteroatoms. The second-order valence-corrected chi connectivity index (χ2v) is 5.79. The summed E-state index contributed by atoms with van der Waals surface area (Å²) in [6.45, 7) is 1.63. The molecule has 25 heavy (non-hydrogen) atoms. The van der Waals surface area contributed by atoms with Crippen molar-refractivity contribution < 1.29 is 18.8 Å². The smallest absolute Gasteiger partial charge is 0.344 e. The Hall–Kier alpha value is -3.00.